The molecule has 0 aliphatic carbocycles. The lowest BCUT2D eigenvalue weighted by atomic mass is 9.98. The van der Waals surface area contributed by atoms with Gasteiger partial charge in [-0.15, -0.1) is 0 Å². The fourth-order valence-electron chi connectivity index (χ4n) is 3.61. The first-order valence-electron chi connectivity index (χ1n) is 10.00. The lowest BCUT2D eigenvalue weighted by Crippen LogP contribution is -2.49. The molecule has 0 aromatic carbocycles. The average Bonchev–Trinajstić information content (AvgIpc) is 3.11. The zero-order chi connectivity index (χ0) is 22.8. The number of nitrogens with one attached hydrogen (secondary N) is 2. The summed E-state index contributed by atoms with van der Waals surface area (Å²) >= 11 is 0. The number of carbonyl (C=O) groups is 1. The van der Waals surface area contributed by atoms with Crippen LogP contribution >= 0.6 is 0 Å². The Bertz CT molecular complexity index is 928. The van der Waals surface area contributed by atoms with Gasteiger partial charge in [-0.05, 0) is 12.8 Å². The smallest absolute Gasteiger partial charge is 0.370 e. The van der Waals surface area contributed by atoms with Crippen molar-refractivity contribution in [3.05, 3.63) is 29.7 Å². The minimum atomic E-state index is -4.33. The molecule has 170 valence electrons. The molecule has 11 heteroatoms. The van der Waals surface area contributed by atoms with Crippen molar-refractivity contribution in [2.75, 3.05) is 35.8 Å². The number of likely N-dealkylation sites (N-methyl/N-ethyl adjacent to an activating group) is 1. The number of anilines is 3. The molecule has 1 aliphatic rings. The highest BCUT2D eigenvalue weighted by Gasteiger charge is 2.34. The van der Waals surface area contributed by atoms with E-state index in [-0.39, 0.29) is 31.0 Å². The lowest BCUT2D eigenvalue weighted by molar-refractivity contribution is -0.174. The van der Waals surface area contributed by atoms with Crippen LogP contribution in [0.2, 0.25) is 0 Å². The fraction of sp³-hybridized carbons (Fsp3) is 0.550. The Morgan fingerprint density at radius 3 is 2.77 bits per heavy atom. The second-order valence-corrected chi connectivity index (χ2v) is 7.91. The molecule has 8 nitrogen and oxygen atoms in total. The van der Waals surface area contributed by atoms with Crippen molar-refractivity contribution in [3.63, 3.8) is 0 Å². The van der Waals surface area contributed by atoms with E-state index < -0.39 is 12.8 Å². The van der Waals surface area contributed by atoms with Gasteiger partial charge in [0, 0.05) is 31.4 Å². The SMILES string of the molecule is Cc1nc(NCc2cnn(CCOCC(F)(F)F)c2)cc2c1NC(=O)[C@H](C(C)C)N2C. The van der Waals surface area contributed by atoms with Crippen LogP contribution in [-0.4, -0.2) is 53.2 Å². The summed E-state index contributed by atoms with van der Waals surface area (Å²) in [7, 11) is 1.90. The summed E-state index contributed by atoms with van der Waals surface area (Å²) in [5, 5.41) is 10.3. The van der Waals surface area contributed by atoms with Gasteiger partial charge in [0.1, 0.15) is 18.5 Å². The summed E-state index contributed by atoms with van der Waals surface area (Å²) in [5.41, 5.74) is 3.17. The highest BCUT2D eigenvalue weighted by molar-refractivity contribution is 6.04. The molecule has 0 bridgehead atoms. The molecule has 3 heterocycles. The zero-order valence-electron chi connectivity index (χ0n) is 18.0. The van der Waals surface area contributed by atoms with Crippen molar-refractivity contribution in [1.82, 2.24) is 14.8 Å². The van der Waals surface area contributed by atoms with Gasteiger partial charge in [0.2, 0.25) is 5.91 Å². The maximum atomic E-state index is 12.4. The standard InChI is InChI=1S/C20H27F3N6O2/c1-12(2)18-19(30)27-17-13(3)26-16(7-15(17)28(18)4)24-8-14-9-25-29(10-14)5-6-31-11-20(21,22)23/h7,9-10,12,18H,5-6,8,11H2,1-4H3,(H,24,26)(H,27,30)/t18-/m0/s1. The van der Waals surface area contributed by atoms with E-state index in [2.05, 4.69) is 25.5 Å². The number of pyridine rings is 1. The Morgan fingerprint density at radius 2 is 2.10 bits per heavy atom. The normalized spacial score (nSPS) is 16.5. The van der Waals surface area contributed by atoms with Gasteiger partial charge in [-0.3, -0.25) is 9.48 Å². The summed E-state index contributed by atoms with van der Waals surface area (Å²) in [6.07, 6.45) is -0.940. The van der Waals surface area contributed by atoms with Crippen LogP contribution in [0.5, 0.6) is 0 Å². The molecule has 2 N–H and O–H groups in total. The third-order valence-corrected chi connectivity index (χ3v) is 5.02. The molecule has 0 saturated carbocycles. The zero-order valence-corrected chi connectivity index (χ0v) is 18.0. The molecule has 0 saturated heterocycles. The van der Waals surface area contributed by atoms with Gasteiger partial charge < -0.3 is 20.3 Å². The van der Waals surface area contributed by atoms with Crippen LogP contribution in [0.25, 0.3) is 0 Å². The highest BCUT2D eigenvalue weighted by Crippen LogP contribution is 2.36. The number of fused-ring (bicyclic) bond motifs is 1. The van der Waals surface area contributed by atoms with E-state index in [0.717, 1.165) is 11.3 Å². The van der Waals surface area contributed by atoms with Gasteiger partial charge in [0.25, 0.3) is 0 Å². The number of halogens is 3. The van der Waals surface area contributed by atoms with E-state index in [4.69, 9.17) is 0 Å². The first-order valence-corrected chi connectivity index (χ1v) is 10.00. The number of hydrogen-bond donors (Lipinski definition) is 2. The molecule has 2 aromatic rings. The average molecular weight is 440 g/mol. The van der Waals surface area contributed by atoms with Crippen LogP contribution < -0.4 is 15.5 Å². The second-order valence-electron chi connectivity index (χ2n) is 7.91. The Kier molecular flexibility index (Phi) is 6.73. The van der Waals surface area contributed by atoms with E-state index >= 15 is 0 Å². The lowest BCUT2D eigenvalue weighted by Gasteiger charge is -2.38. The predicted molar refractivity (Wildman–Crippen MR) is 111 cm³/mol. The fourth-order valence-corrected chi connectivity index (χ4v) is 3.61. The van der Waals surface area contributed by atoms with E-state index in [9.17, 15) is 18.0 Å². The number of carbonyl (C=O) groups excluding carboxylic acids is 1. The number of aromatic nitrogens is 3. The summed E-state index contributed by atoms with van der Waals surface area (Å²) in [5.74, 6) is 0.763. The van der Waals surface area contributed by atoms with Gasteiger partial charge in [0.05, 0.1) is 36.4 Å². The monoisotopic (exact) mass is 440 g/mol. The van der Waals surface area contributed by atoms with Gasteiger partial charge >= 0.3 is 6.18 Å². The van der Waals surface area contributed by atoms with Crippen molar-refractivity contribution < 1.29 is 22.7 Å². The largest absolute Gasteiger partial charge is 0.411 e. The van der Waals surface area contributed by atoms with Gasteiger partial charge in [-0.1, -0.05) is 13.8 Å². The molecule has 31 heavy (non-hydrogen) atoms. The van der Waals surface area contributed by atoms with Crippen LogP contribution in [0.3, 0.4) is 0 Å². The van der Waals surface area contributed by atoms with Crippen LogP contribution in [0.15, 0.2) is 18.5 Å². The molecular weight excluding hydrogens is 413 g/mol. The van der Waals surface area contributed by atoms with Crippen molar-refractivity contribution in [1.29, 1.82) is 0 Å². The number of ether oxygens (including phenoxy) is 1. The minimum Gasteiger partial charge on any atom is -0.370 e. The maximum Gasteiger partial charge on any atom is 0.411 e. The second kappa shape index (κ2) is 9.13. The maximum absolute atomic E-state index is 12.4. The molecule has 1 atom stereocenters. The first-order chi connectivity index (χ1) is 14.5. The third-order valence-electron chi connectivity index (χ3n) is 5.02. The van der Waals surface area contributed by atoms with E-state index in [1.165, 1.54) is 4.68 Å². The van der Waals surface area contributed by atoms with Gasteiger partial charge in [0.15, 0.2) is 0 Å². The van der Waals surface area contributed by atoms with Crippen LogP contribution in [0.4, 0.5) is 30.4 Å². The van der Waals surface area contributed by atoms with Crippen molar-refractivity contribution in [2.45, 2.75) is 46.1 Å². The Balaban J connectivity index is 1.61. The van der Waals surface area contributed by atoms with Crippen LogP contribution in [0.1, 0.15) is 25.1 Å². The third kappa shape index (κ3) is 5.66. The van der Waals surface area contributed by atoms with Crippen molar-refractivity contribution in [2.24, 2.45) is 5.92 Å². The van der Waals surface area contributed by atoms with Gasteiger partial charge in [-0.25, -0.2) is 4.98 Å². The van der Waals surface area contributed by atoms with Crippen LogP contribution in [-0.2, 0) is 22.6 Å². The number of amides is 1. The number of rotatable bonds is 8. The Labute approximate surface area is 178 Å². The molecule has 2 aromatic heterocycles. The predicted octanol–water partition coefficient (Wildman–Crippen LogP) is 3.19. The van der Waals surface area contributed by atoms with E-state index in [0.29, 0.717) is 23.7 Å². The number of hydrogen-bond acceptors (Lipinski definition) is 6. The summed E-state index contributed by atoms with van der Waals surface area (Å²) in [6, 6.07) is 1.63. The number of alkyl halides is 3. The summed E-state index contributed by atoms with van der Waals surface area (Å²) < 4.78 is 42.4. The molecule has 0 radical (unpaired) electrons. The topological polar surface area (TPSA) is 84.3 Å². The molecule has 3 rings (SSSR count). The molecule has 0 unspecified atom stereocenters. The minimum absolute atomic E-state index is 0.0396. The van der Waals surface area contributed by atoms with E-state index in [1.807, 2.05) is 38.8 Å². The first kappa shape index (κ1) is 22.9. The number of aryl methyl sites for hydroxylation is 1. The molecule has 0 fully saturated rings. The Morgan fingerprint density at radius 1 is 1.35 bits per heavy atom. The van der Waals surface area contributed by atoms with Gasteiger partial charge in [-0.2, -0.15) is 18.3 Å². The van der Waals surface area contributed by atoms with Crippen LogP contribution in [0, 0.1) is 12.8 Å². The molecule has 1 amide bonds. The number of nitrogens with zero attached hydrogens (tertiary/aromatic N) is 4. The highest BCUT2D eigenvalue weighted by atomic mass is 19.4. The van der Waals surface area contributed by atoms with E-state index in [1.54, 1.807) is 12.4 Å². The Hall–Kier alpha value is -2.82. The van der Waals surface area contributed by atoms with Crippen molar-refractivity contribution in [3.8, 4) is 0 Å². The van der Waals surface area contributed by atoms with Crippen molar-refractivity contribution >= 4 is 23.1 Å². The molecule has 1 aliphatic heterocycles. The molecular formula is C20H27F3N6O2. The molecule has 0 spiro atoms. The quantitative estimate of drug-likeness (QED) is 0.614. The summed E-state index contributed by atoms with van der Waals surface area (Å²) in [4.78, 5) is 18.9. The summed E-state index contributed by atoms with van der Waals surface area (Å²) in [6.45, 7) is 5.18.